The minimum absolute atomic E-state index is 0.0146. The zero-order chi connectivity index (χ0) is 23.7. The van der Waals surface area contributed by atoms with E-state index < -0.39 is 5.91 Å². The number of thioether (sulfide) groups is 1. The summed E-state index contributed by atoms with van der Waals surface area (Å²) < 4.78 is 5.33. The van der Waals surface area contributed by atoms with Gasteiger partial charge in [0.2, 0.25) is 5.91 Å². The molecule has 3 aromatic rings. The van der Waals surface area contributed by atoms with Crippen molar-refractivity contribution >= 4 is 58.0 Å². The molecule has 6 nitrogen and oxygen atoms in total. The Labute approximate surface area is 205 Å². The summed E-state index contributed by atoms with van der Waals surface area (Å²) in [5.41, 5.74) is 2.33. The number of hydrogen-bond acceptors (Lipinski definition) is 6. The Morgan fingerprint density at radius 1 is 0.882 bits per heavy atom. The van der Waals surface area contributed by atoms with Crippen LogP contribution in [0.5, 0.6) is 5.75 Å². The number of nitrogens with zero attached hydrogens (tertiary/aromatic N) is 2. The van der Waals surface area contributed by atoms with E-state index in [1.54, 1.807) is 35.9 Å². The van der Waals surface area contributed by atoms with E-state index in [1.807, 2.05) is 66.7 Å². The fraction of sp³-hybridized carbons (Fsp3) is 0.115. The van der Waals surface area contributed by atoms with E-state index in [9.17, 15) is 14.4 Å². The van der Waals surface area contributed by atoms with Gasteiger partial charge in [-0.25, -0.2) is 0 Å². The monoisotopic (exact) mass is 488 g/mol. The average Bonchev–Trinajstić information content (AvgIpc) is 3.13. The van der Waals surface area contributed by atoms with Crippen LogP contribution in [-0.4, -0.2) is 35.6 Å². The van der Waals surface area contributed by atoms with E-state index >= 15 is 0 Å². The summed E-state index contributed by atoms with van der Waals surface area (Å²) in [5.74, 6) is 0.0430. The number of carbonyl (C=O) groups is 3. The van der Waals surface area contributed by atoms with Crippen molar-refractivity contribution < 1.29 is 19.1 Å². The lowest BCUT2D eigenvalue weighted by atomic mass is 10.2. The number of amides is 3. The van der Waals surface area contributed by atoms with Gasteiger partial charge >= 0.3 is 0 Å². The maximum absolute atomic E-state index is 13.4. The molecule has 0 unspecified atom stereocenters. The molecule has 3 amide bonds. The predicted octanol–water partition coefficient (Wildman–Crippen LogP) is 5.95. The first-order valence-electron chi connectivity index (χ1n) is 10.6. The van der Waals surface area contributed by atoms with Crippen molar-refractivity contribution in [3.63, 3.8) is 0 Å². The lowest BCUT2D eigenvalue weighted by Crippen LogP contribution is -2.35. The summed E-state index contributed by atoms with van der Waals surface area (Å²) in [5, 5.41) is -0.381. The van der Waals surface area contributed by atoms with Crippen LogP contribution in [-0.2, 0) is 9.59 Å². The first kappa shape index (κ1) is 22.3. The van der Waals surface area contributed by atoms with Crippen molar-refractivity contribution in [2.24, 2.45) is 0 Å². The van der Waals surface area contributed by atoms with E-state index in [2.05, 4.69) is 0 Å². The molecule has 5 rings (SSSR count). The quantitative estimate of drug-likeness (QED) is 0.414. The Bertz CT molecular complexity index is 1290. The molecule has 2 aliphatic rings. The van der Waals surface area contributed by atoms with Crippen LogP contribution in [0.25, 0.3) is 6.08 Å². The lowest BCUT2D eigenvalue weighted by Gasteiger charge is -2.31. The second-order valence-corrected chi connectivity index (χ2v) is 9.67. The van der Waals surface area contributed by atoms with E-state index in [4.69, 9.17) is 4.74 Å². The molecule has 0 saturated carbocycles. The predicted molar refractivity (Wildman–Crippen MR) is 134 cm³/mol. The summed E-state index contributed by atoms with van der Waals surface area (Å²) in [6.07, 6.45) is 1.67. The highest BCUT2D eigenvalue weighted by Gasteiger charge is 2.36. The van der Waals surface area contributed by atoms with Gasteiger partial charge in [0, 0.05) is 28.3 Å². The molecule has 2 aliphatic heterocycles. The number of methoxy groups -OCH3 is 1. The van der Waals surface area contributed by atoms with Crippen molar-refractivity contribution in [2.45, 2.75) is 16.2 Å². The third-order valence-electron chi connectivity index (χ3n) is 5.53. The third kappa shape index (κ3) is 4.10. The molecule has 8 heteroatoms. The molecule has 2 heterocycles. The first-order chi connectivity index (χ1) is 16.6. The SMILES string of the molecule is COc1ccccc1/C=C1\SC(=O)N(CCC(=O)N2c3ccccc3Sc3ccccc32)C1=O. The minimum atomic E-state index is -0.399. The van der Waals surface area contributed by atoms with Crippen LogP contribution >= 0.6 is 23.5 Å². The summed E-state index contributed by atoms with van der Waals surface area (Å²) >= 11 is 2.49. The van der Waals surface area contributed by atoms with Crippen LogP contribution in [0.2, 0.25) is 0 Å². The molecule has 0 spiro atoms. The largest absolute Gasteiger partial charge is 0.496 e. The van der Waals surface area contributed by atoms with Crippen molar-refractivity contribution in [1.29, 1.82) is 0 Å². The van der Waals surface area contributed by atoms with Crippen LogP contribution in [0, 0.1) is 0 Å². The van der Waals surface area contributed by atoms with E-state index in [0.29, 0.717) is 16.2 Å². The molecular formula is C26H20N2O4S2. The fourth-order valence-corrected chi connectivity index (χ4v) is 5.83. The Morgan fingerprint density at radius 3 is 2.18 bits per heavy atom. The summed E-state index contributed by atoms with van der Waals surface area (Å²) in [7, 11) is 1.55. The number of para-hydroxylation sites is 3. The fourth-order valence-electron chi connectivity index (χ4n) is 3.91. The Balaban J connectivity index is 1.35. The van der Waals surface area contributed by atoms with Gasteiger partial charge < -0.3 is 4.74 Å². The van der Waals surface area contributed by atoms with Gasteiger partial charge in [0.15, 0.2) is 0 Å². The molecule has 0 atom stereocenters. The molecule has 170 valence electrons. The maximum atomic E-state index is 13.4. The van der Waals surface area contributed by atoms with Gasteiger partial charge in [-0.3, -0.25) is 24.2 Å². The van der Waals surface area contributed by atoms with Crippen LogP contribution in [0.15, 0.2) is 87.5 Å². The normalized spacial score (nSPS) is 16.0. The van der Waals surface area contributed by atoms with Gasteiger partial charge in [0.05, 0.1) is 23.4 Å². The van der Waals surface area contributed by atoms with Crippen molar-refractivity contribution in [3.8, 4) is 5.75 Å². The number of hydrogen-bond donors (Lipinski definition) is 0. The maximum Gasteiger partial charge on any atom is 0.293 e. The molecule has 0 bridgehead atoms. The Kier molecular flexibility index (Phi) is 6.17. The van der Waals surface area contributed by atoms with Gasteiger partial charge in [-0.2, -0.15) is 0 Å². The first-order valence-corrected chi connectivity index (χ1v) is 12.3. The standard InChI is InChI=1S/C26H20N2O4S2/c1-32-20-11-5-2-8-17(20)16-23-25(30)27(26(31)34-23)15-14-24(29)28-18-9-3-6-12-21(18)33-22-13-7-4-10-19(22)28/h2-13,16H,14-15H2,1H3/b23-16-. The second-order valence-electron chi connectivity index (χ2n) is 7.59. The highest BCUT2D eigenvalue weighted by molar-refractivity contribution is 8.18. The number of ether oxygens (including phenoxy) is 1. The van der Waals surface area contributed by atoms with Crippen molar-refractivity contribution in [2.75, 3.05) is 18.6 Å². The van der Waals surface area contributed by atoms with Crippen LogP contribution < -0.4 is 9.64 Å². The van der Waals surface area contributed by atoms with Crippen LogP contribution in [0.1, 0.15) is 12.0 Å². The summed E-state index contributed by atoms with van der Waals surface area (Å²) in [4.78, 5) is 44.0. The second kappa shape index (κ2) is 9.40. The smallest absolute Gasteiger partial charge is 0.293 e. The minimum Gasteiger partial charge on any atom is -0.496 e. The molecule has 0 N–H and O–H groups in total. The molecule has 3 aromatic carbocycles. The zero-order valence-electron chi connectivity index (χ0n) is 18.3. The molecule has 0 radical (unpaired) electrons. The zero-order valence-corrected chi connectivity index (χ0v) is 19.9. The van der Waals surface area contributed by atoms with Crippen molar-refractivity contribution in [3.05, 3.63) is 83.3 Å². The lowest BCUT2D eigenvalue weighted by molar-refractivity contribution is -0.123. The molecule has 34 heavy (non-hydrogen) atoms. The number of anilines is 2. The number of imide groups is 1. The topological polar surface area (TPSA) is 66.9 Å². The highest BCUT2D eigenvalue weighted by atomic mass is 32.2. The molecular weight excluding hydrogens is 468 g/mol. The third-order valence-corrected chi connectivity index (χ3v) is 7.57. The molecule has 1 saturated heterocycles. The Hall–Kier alpha value is -3.49. The molecule has 0 aromatic heterocycles. The number of benzene rings is 3. The van der Waals surface area contributed by atoms with E-state index in [-0.39, 0.29) is 24.1 Å². The van der Waals surface area contributed by atoms with Gasteiger partial charge in [-0.05, 0) is 48.2 Å². The van der Waals surface area contributed by atoms with Gasteiger partial charge in [0.25, 0.3) is 11.1 Å². The number of carbonyl (C=O) groups excluding carboxylic acids is 3. The van der Waals surface area contributed by atoms with Gasteiger partial charge in [0.1, 0.15) is 5.75 Å². The molecule has 1 fully saturated rings. The average molecular weight is 489 g/mol. The van der Waals surface area contributed by atoms with Crippen molar-refractivity contribution in [1.82, 2.24) is 4.90 Å². The van der Waals surface area contributed by atoms with Crippen LogP contribution in [0.4, 0.5) is 16.2 Å². The summed E-state index contributed by atoms with van der Waals surface area (Å²) in [6.45, 7) is 0.0146. The van der Waals surface area contributed by atoms with Gasteiger partial charge in [-0.1, -0.05) is 54.2 Å². The molecule has 0 aliphatic carbocycles. The summed E-state index contributed by atoms with van der Waals surface area (Å²) in [6, 6.07) is 22.7. The van der Waals surface area contributed by atoms with E-state index in [0.717, 1.165) is 37.8 Å². The van der Waals surface area contributed by atoms with Gasteiger partial charge in [-0.15, -0.1) is 0 Å². The number of rotatable bonds is 5. The van der Waals surface area contributed by atoms with Crippen LogP contribution in [0.3, 0.4) is 0 Å². The highest BCUT2D eigenvalue weighted by Crippen LogP contribution is 2.48. The Morgan fingerprint density at radius 2 is 1.50 bits per heavy atom. The number of fused-ring (bicyclic) bond motifs is 2. The van der Waals surface area contributed by atoms with E-state index in [1.165, 1.54) is 0 Å².